The Kier molecular flexibility index (Phi) is 42.4. The van der Waals surface area contributed by atoms with Crippen molar-refractivity contribution in [2.45, 2.75) is 195 Å². The molecule has 0 aromatic carbocycles. The van der Waals surface area contributed by atoms with Crippen LogP contribution in [0.4, 0.5) is 0 Å². The van der Waals surface area contributed by atoms with Gasteiger partial charge in [0.05, 0.1) is 6.04 Å². The summed E-state index contributed by atoms with van der Waals surface area (Å²) >= 11 is 0. The van der Waals surface area contributed by atoms with Gasteiger partial charge in [-0.15, -0.1) is 0 Å². The van der Waals surface area contributed by atoms with Crippen LogP contribution in [0.15, 0.2) is 0 Å². The average molecular weight is 598 g/mol. The number of rotatable bonds is 27. The van der Waals surface area contributed by atoms with E-state index in [9.17, 15) is 14.4 Å². The molecule has 0 heterocycles. The minimum absolute atomic E-state index is 0.0301. The summed E-state index contributed by atoms with van der Waals surface area (Å²) in [7, 11) is 1.80. The lowest BCUT2D eigenvalue weighted by Crippen LogP contribution is -2.32. The number of hydrogen-bond donors (Lipinski definition) is 3. The second-order valence-electron chi connectivity index (χ2n) is 11.7. The first-order valence-electron chi connectivity index (χ1n) is 18.0. The number of Topliss-reactive ketones (excluding diaryl/α,β-unsaturated/α-hetero) is 1. The molecule has 0 spiro atoms. The first-order valence-corrected chi connectivity index (χ1v) is 18.0. The fraction of sp³-hybridized carbons (Fsp3) is 0.917. The van der Waals surface area contributed by atoms with Gasteiger partial charge in [-0.05, 0) is 46.1 Å². The van der Waals surface area contributed by atoms with Crippen molar-refractivity contribution < 1.29 is 14.4 Å². The summed E-state index contributed by atoms with van der Waals surface area (Å²) < 4.78 is 0. The Balaban J connectivity index is -0.00000167. The molecule has 2 amide bonds. The third-order valence-electron chi connectivity index (χ3n) is 7.49. The largest absolute Gasteiger partial charge is 0.356 e. The number of carbonyl (C=O) groups excluding carboxylic acids is 3. The van der Waals surface area contributed by atoms with Crippen LogP contribution >= 0.6 is 0 Å². The minimum Gasteiger partial charge on any atom is -0.356 e. The van der Waals surface area contributed by atoms with Crippen molar-refractivity contribution in [3.8, 4) is 0 Å². The molecule has 6 nitrogen and oxygen atoms in total. The van der Waals surface area contributed by atoms with Crippen LogP contribution in [0.5, 0.6) is 0 Å². The van der Waals surface area contributed by atoms with Gasteiger partial charge in [0, 0.05) is 25.9 Å². The summed E-state index contributed by atoms with van der Waals surface area (Å²) in [5, 5.41) is 8.85. The normalized spacial score (nSPS) is 11.0. The Morgan fingerprint density at radius 3 is 1.24 bits per heavy atom. The first-order chi connectivity index (χ1) is 20.3. The van der Waals surface area contributed by atoms with Crippen molar-refractivity contribution in [1.82, 2.24) is 16.0 Å². The zero-order chi connectivity index (χ0) is 32.1. The molecular formula is C36H75N3O3. The third-order valence-corrected chi connectivity index (χ3v) is 7.49. The highest BCUT2D eigenvalue weighted by Crippen LogP contribution is 2.13. The predicted molar refractivity (Wildman–Crippen MR) is 184 cm³/mol. The second kappa shape index (κ2) is 39.6. The molecule has 0 saturated heterocycles. The molecule has 0 fully saturated rings. The monoisotopic (exact) mass is 598 g/mol. The molecule has 0 bridgehead atoms. The fourth-order valence-electron chi connectivity index (χ4n) is 4.21. The summed E-state index contributed by atoms with van der Waals surface area (Å²) in [5.74, 6) is 0.290. The molecule has 0 radical (unpaired) electrons. The Morgan fingerprint density at radius 2 is 0.857 bits per heavy atom. The smallest absolute Gasteiger partial charge is 0.220 e. The minimum atomic E-state index is -0.0842. The molecule has 3 N–H and O–H groups in total. The number of ketones is 1. The van der Waals surface area contributed by atoms with Crippen LogP contribution in [0.25, 0.3) is 0 Å². The summed E-state index contributed by atoms with van der Waals surface area (Å²) in [6, 6.07) is -0.0842. The van der Waals surface area contributed by atoms with Gasteiger partial charge in [-0.3, -0.25) is 14.4 Å². The number of likely N-dealkylation sites (N-methyl/N-ethyl adjacent to an activating group) is 1. The number of unbranched alkanes of at least 4 members (excludes halogenated alkanes) is 15. The Morgan fingerprint density at radius 1 is 0.476 bits per heavy atom. The van der Waals surface area contributed by atoms with Gasteiger partial charge in [-0.25, -0.2) is 0 Å². The van der Waals surface area contributed by atoms with E-state index in [2.05, 4.69) is 50.6 Å². The van der Waals surface area contributed by atoms with Crippen LogP contribution in [0.3, 0.4) is 0 Å². The molecule has 42 heavy (non-hydrogen) atoms. The summed E-state index contributed by atoms with van der Waals surface area (Å²) in [6.07, 6.45) is 26.6. The van der Waals surface area contributed by atoms with E-state index in [1.54, 1.807) is 14.0 Å². The van der Waals surface area contributed by atoms with Gasteiger partial charge in [0.2, 0.25) is 11.8 Å². The lowest BCUT2D eigenvalue weighted by Gasteiger charge is -2.12. The predicted octanol–water partition coefficient (Wildman–Crippen LogP) is 9.44. The molecule has 0 aliphatic carbocycles. The van der Waals surface area contributed by atoms with Gasteiger partial charge in [-0.1, -0.05) is 137 Å². The van der Waals surface area contributed by atoms with Crippen LogP contribution in [0.2, 0.25) is 0 Å². The molecular weight excluding hydrogens is 522 g/mol. The van der Waals surface area contributed by atoms with E-state index < -0.39 is 0 Å². The zero-order valence-corrected chi connectivity index (χ0v) is 29.5. The van der Waals surface area contributed by atoms with Crippen LogP contribution in [0.1, 0.15) is 189 Å². The van der Waals surface area contributed by atoms with E-state index in [1.165, 1.54) is 96.3 Å². The number of nitrogens with one attached hydrogen (secondary N) is 3. The van der Waals surface area contributed by atoms with Gasteiger partial charge < -0.3 is 16.0 Å². The van der Waals surface area contributed by atoms with Gasteiger partial charge in [-0.2, -0.15) is 0 Å². The van der Waals surface area contributed by atoms with Crippen molar-refractivity contribution in [3.05, 3.63) is 0 Å². The Bertz CT molecular complexity index is 561. The molecule has 6 heteroatoms. The molecule has 252 valence electrons. The van der Waals surface area contributed by atoms with E-state index in [1.807, 2.05) is 0 Å². The zero-order valence-electron chi connectivity index (χ0n) is 29.5. The summed E-state index contributed by atoms with van der Waals surface area (Å²) in [4.78, 5) is 35.1. The number of amides is 2. The molecule has 0 rings (SSSR count). The number of carbonyl (C=O) groups is 3. The van der Waals surface area contributed by atoms with Crippen molar-refractivity contribution in [2.24, 2.45) is 0 Å². The summed E-state index contributed by atoms with van der Waals surface area (Å²) in [6.45, 7) is 13.8. The quantitative estimate of drug-likeness (QED) is 0.0823. The summed E-state index contributed by atoms with van der Waals surface area (Å²) in [5.41, 5.74) is 0. The van der Waals surface area contributed by atoms with Crippen molar-refractivity contribution in [2.75, 3.05) is 20.1 Å². The Hall–Kier alpha value is -1.43. The maximum atomic E-state index is 11.9. The van der Waals surface area contributed by atoms with E-state index >= 15 is 0 Å². The molecule has 0 aliphatic heterocycles. The van der Waals surface area contributed by atoms with Crippen LogP contribution in [-0.4, -0.2) is 43.8 Å². The maximum Gasteiger partial charge on any atom is 0.220 e. The van der Waals surface area contributed by atoms with Crippen LogP contribution in [-0.2, 0) is 14.4 Å². The van der Waals surface area contributed by atoms with Gasteiger partial charge in [0.1, 0.15) is 5.78 Å². The van der Waals surface area contributed by atoms with Gasteiger partial charge in [0.25, 0.3) is 0 Å². The molecule has 1 unspecified atom stereocenters. The standard InChI is InChI=1S/C28H55N3O3.2C4H10/c1-4-5-6-7-8-9-10-11-12-13-14-15-16-21-27(33)31-24-19-22-28(34)30-23-18-17-20-26(29-3)25(2)32;2*1-3-4-2/h26,29H,4-24H2,1-3H3,(H,30,34)(H,31,33);2*3-4H2,1-2H3. The van der Waals surface area contributed by atoms with Crippen molar-refractivity contribution in [1.29, 1.82) is 0 Å². The molecule has 0 aromatic rings. The SMILES string of the molecule is CCCC.CCCC.CCCCCCCCCCCCCCCC(=O)NCCCC(=O)NCCCCC(NC)C(C)=O. The molecule has 0 aromatic heterocycles. The third kappa shape index (κ3) is 40.7. The second-order valence-corrected chi connectivity index (χ2v) is 11.7. The molecule has 0 aliphatic rings. The molecule has 0 saturated carbocycles. The number of hydrogen-bond acceptors (Lipinski definition) is 4. The van der Waals surface area contributed by atoms with Crippen LogP contribution in [0, 0.1) is 0 Å². The fourth-order valence-corrected chi connectivity index (χ4v) is 4.21. The van der Waals surface area contributed by atoms with E-state index in [0.29, 0.717) is 32.4 Å². The van der Waals surface area contributed by atoms with Gasteiger partial charge in [0.15, 0.2) is 0 Å². The average Bonchev–Trinajstić information content (AvgIpc) is 2.99. The van der Waals surface area contributed by atoms with Gasteiger partial charge >= 0.3 is 0 Å². The van der Waals surface area contributed by atoms with Crippen molar-refractivity contribution >= 4 is 17.6 Å². The van der Waals surface area contributed by atoms with E-state index in [-0.39, 0.29) is 23.6 Å². The highest BCUT2D eigenvalue weighted by atomic mass is 16.2. The van der Waals surface area contributed by atoms with Crippen molar-refractivity contribution in [3.63, 3.8) is 0 Å². The highest BCUT2D eigenvalue weighted by molar-refractivity contribution is 5.81. The maximum absolute atomic E-state index is 11.9. The first kappa shape index (κ1) is 45.0. The van der Waals surface area contributed by atoms with E-state index in [4.69, 9.17) is 0 Å². The lowest BCUT2D eigenvalue weighted by molar-refractivity contribution is -0.123. The Labute approximate surface area is 263 Å². The lowest BCUT2D eigenvalue weighted by atomic mass is 10.0. The van der Waals surface area contributed by atoms with E-state index in [0.717, 1.165) is 32.1 Å². The van der Waals surface area contributed by atoms with Crippen LogP contribution < -0.4 is 16.0 Å². The molecule has 1 atom stereocenters. The highest BCUT2D eigenvalue weighted by Gasteiger charge is 2.10. The topological polar surface area (TPSA) is 87.3 Å².